The van der Waals surface area contributed by atoms with Crippen LogP contribution in [0.25, 0.3) is 0 Å². The lowest BCUT2D eigenvalue weighted by Crippen LogP contribution is -2.46. The second-order valence-electron chi connectivity index (χ2n) is 5.24. The van der Waals surface area contributed by atoms with Crippen LogP contribution in [0.2, 0.25) is 0 Å². The molecule has 1 heterocycles. The zero-order chi connectivity index (χ0) is 15.9. The van der Waals surface area contributed by atoms with E-state index in [9.17, 15) is 9.59 Å². The maximum Gasteiger partial charge on any atom is 0.303 e. The molecular weight excluding hydrogens is 350 g/mol. The van der Waals surface area contributed by atoms with Gasteiger partial charge in [0.2, 0.25) is 5.91 Å². The highest BCUT2D eigenvalue weighted by atomic mass is 79.9. The Kier molecular flexibility index (Phi) is 6.35. The highest BCUT2D eigenvalue weighted by Crippen LogP contribution is 2.28. The van der Waals surface area contributed by atoms with Gasteiger partial charge in [-0.05, 0) is 18.4 Å². The van der Waals surface area contributed by atoms with Crippen LogP contribution in [-0.2, 0) is 9.59 Å². The molecule has 120 valence electrons. The van der Waals surface area contributed by atoms with Gasteiger partial charge in [0.1, 0.15) is 6.04 Å². The summed E-state index contributed by atoms with van der Waals surface area (Å²) in [6.45, 7) is 0.486. The number of hydrogen-bond acceptors (Lipinski definition) is 4. The fraction of sp³-hybridized carbons (Fsp3) is 0.467. The second kappa shape index (κ2) is 8.26. The van der Waals surface area contributed by atoms with E-state index in [-0.39, 0.29) is 29.2 Å². The maximum absolute atomic E-state index is 12.2. The molecule has 0 radical (unpaired) electrons. The summed E-state index contributed by atoms with van der Waals surface area (Å²) >= 11 is 3.59. The summed E-state index contributed by atoms with van der Waals surface area (Å²) in [4.78, 5) is 22.5. The third-order valence-electron chi connectivity index (χ3n) is 3.59. The van der Waals surface area contributed by atoms with Crippen LogP contribution in [0.3, 0.4) is 0 Å². The van der Waals surface area contributed by atoms with Crippen molar-refractivity contribution in [3.63, 3.8) is 0 Å². The minimum Gasteiger partial charge on any atom is -0.481 e. The average Bonchev–Trinajstić information content (AvgIpc) is 2.89. The van der Waals surface area contributed by atoms with Gasteiger partial charge < -0.3 is 10.4 Å². The summed E-state index contributed by atoms with van der Waals surface area (Å²) in [5.41, 5.74) is 7.25. The molecule has 0 saturated carbocycles. The number of unbranched alkanes of at least 4 members (excludes halogenated alkanes) is 1. The van der Waals surface area contributed by atoms with Crippen molar-refractivity contribution in [1.82, 2.24) is 16.2 Å². The molecule has 22 heavy (non-hydrogen) atoms. The Morgan fingerprint density at radius 3 is 2.59 bits per heavy atom. The minimum absolute atomic E-state index is 0.0176. The molecule has 0 bridgehead atoms. The number of nitrogens with one attached hydrogen (secondary N) is 3. The summed E-state index contributed by atoms with van der Waals surface area (Å²) < 4.78 is 0. The zero-order valence-corrected chi connectivity index (χ0v) is 13.7. The second-order valence-corrected chi connectivity index (χ2v) is 6.30. The number of rotatable bonds is 7. The van der Waals surface area contributed by atoms with Crippen LogP contribution in [0.15, 0.2) is 30.3 Å². The van der Waals surface area contributed by atoms with E-state index < -0.39 is 5.97 Å². The normalized spacial score (nSPS) is 24.1. The van der Waals surface area contributed by atoms with Crippen molar-refractivity contribution in [2.45, 2.75) is 36.2 Å². The highest BCUT2D eigenvalue weighted by Gasteiger charge is 2.38. The van der Waals surface area contributed by atoms with E-state index in [1.54, 1.807) is 0 Å². The molecule has 0 aromatic heterocycles. The van der Waals surface area contributed by atoms with E-state index in [0.717, 1.165) is 5.56 Å². The summed E-state index contributed by atoms with van der Waals surface area (Å²) in [6.07, 6.45) is 1.36. The van der Waals surface area contributed by atoms with Crippen LogP contribution in [0, 0.1) is 0 Å². The Morgan fingerprint density at radius 2 is 1.91 bits per heavy atom. The van der Waals surface area contributed by atoms with Gasteiger partial charge in [0.05, 0.1) is 10.9 Å². The van der Waals surface area contributed by atoms with Crippen molar-refractivity contribution in [3.8, 4) is 0 Å². The third-order valence-corrected chi connectivity index (χ3v) is 4.65. The minimum atomic E-state index is -0.806. The summed E-state index contributed by atoms with van der Waals surface area (Å²) in [6, 6.07) is 9.56. The largest absolute Gasteiger partial charge is 0.481 e. The predicted molar refractivity (Wildman–Crippen MR) is 86.5 cm³/mol. The molecule has 1 aromatic carbocycles. The lowest BCUT2D eigenvalue weighted by atomic mass is 10.0. The van der Waals surface area contributed by atoms with Crippen LogP contribution in [0.1, 0.15) is 30.9 Å². The topological polar surface area (TPSA) is 90.5 Å². The fourth-order valence-electron chi connectivity index (χ4n) is 2.39. The van der Waals surface area contributed by atoms with Gasteiger partial charge in [-0.25, -0.2) is 10.9 Å². The van der Waals surface area contributed by atoms with Gasteiger partial charge in [-0.1, -0.05) is 46.3 Å². The number of carbonyl (C=O) groups excluding carboxylic acids is 1. The van der Waals surface area contributed by atoms with E-state index in [1.165, 1.54) is 0 Å². The number of halogens is 1. The smallest absolute Gasteiger partial charge is 0.303 e. The zero-order valence-electron chi connectivity index (χ0n) is 12.1. The molecule has 4 N–H and O–H groups in total. The van der Waals surface area contributed by atoms with Crippen molar-refractivity contribution in [2.24, 2.45) is 0 Å². The van der Waals surface area contributed by atoms with Crippen molar-refractivity contribution < 1.29 is 14.7 Å². The first-order chi connectivity index (χ1) is 10.6. The molecule has 3 atom stereocenters. The maximum atomic E-state index is 12.2. The number of amides is 1. The molecule has 1 saturated heterocycles. The lowest BCUT2D eigenvalue weighted by Gasteiger charge is -2.17. The number of carboxylic acids is 1. The van der Waals surface area contributed by atoms with Crippen molar-refractivity contribution in [2.75, 3.05) is 6.54 Å². The van der Waals surface area contributed by atoms with Gasteiger partial charge in [0, 0.05) is 13.0 Å². The average molecular weight is 370 g/mol. The molecule has 1 aliphatic heterocycles. The van der Waals surface area contributed by atoms with Crippen molar-refractivity contribution in [1.29, 1.82) is 0 Å². The van der Waals surface area contributed by atoms with Gasteiger partial charge >= 0.3 is 5.97 Å². The lowest BCUT2D eigenvalue weighted by molar-refractivity contribution is -0.137. The highest BCUT2D eigenvalue weighted by molar-refractivity contribution is 9.09. The van der Waals surface area contributed by atoms with E-state index in [2.05, 4.69) is 32.1 Å². The number of alkyl halides is 1. The van der Waals surface area contributed by atoms with Gasteiger partial charge in [0.25, 0.3) is 0 Å². The van der Waals surface area contributed by atoms with E-state index in [1.807, 2.05) is 30.3 Å². The number of hydrogen-bond donors (Lipinski definition) is 4. The number of hydrazine groups is 1. The molecule has 1 amide bonds. The summed E-state index contributed by atoms with van der Waals surface area (Å²) in [5, 5.41) is 11.4. The van der Waals surface area contributed by atoms with Crippen molar-refractivity contribution >= 4 is 27.8 Å². The molecule has 7 heteroatoms. The Hall–Kier alpha value is -1.44. The monoisotopic (exact) mass is 369 g/mol. The van der Waals surface area contributed by atoms with Gasteiger partial charge in [-0.15, -0.1) is 0 Å². The first-order valence-electron chi connectivity index (χ1n) is 7.29. The molecule has 1 fully saturated rings. The predicted octanol–water partition coefficient (Wildman–Crippen LogP) is 1.34. The Morgan fingerprint density at radius 1 is 1.18 bits per heavy atom. The summed E-state index contributed by atoms with van der Waals surface area (Å²) in [7, 11) is 0. The van der Waals surface area contributed by atoms with E-state index in [4.69, 9.17) is 5.11 Å². The number of benzene rings is 1. The Bertz CT molecular complexity index is 512. The molecule has 0 spiro atoms. The van der Waals surface area contributed by atoms with Crippen LogP contribution >= 0.6 is 15.9 Å². The number of carbonyl (C=O) groups is 2. The molecule has 6 nitrogen and oxygen atoms in total. The molecule has 1 aliphatic rings. The van der Waals surface area contributed by atoms with Crippen LogP contribution in [-0.4, -0.2) is 34.4 Å². The third kappa shape index (κ3) is 4.53. The first kappa shape index (κ1) is 16.9. The molecule has 2 rings (SSSR count). The fourth-order valence-corrected chi connectivity index (χ4v) is 3.20. The standard InChI is InChI=1S/C15H20BrN3O3/c16-12-13(10-6-2-1-3-7-10)18-19-14(12)15(22)17-9-5-4-8-11(20)21/h1-3,6-7,12-14,18-19H,4-5,8-9H2,(H,17,22)(H,20,21). The molecule has 0 aliphatic carbocycles. The van der Waals surface area contributed by atoms with E-state index in [0.29, 0.717) is 19.4 Å². The van der Waals surface area contributed by atoms with Crippen LogP contribution in [0.5, 0.6) is 0 Å². The quantitative estimate of drug-likeness (QED) is 0.430. The first-order valence-corrected chi connectivity index (χ1v) is 8.20. The molecule has 1 aromatic rings. The van der Waals surface area contributed by atoms with Crippen LogP contribution < -0.4 is 16.2 Å². The van der Waals surface area contributed by atoms with Crippen molar-refractivity contribution in [3.05, 3.63) is 35.9 Å². The summed E-state index contributed by atoms with van der Waals surface area (Å²) in [5.74, 6) is -0.901. The molecule has 3 unspecified atom stereocenters. The van der Waals surface area contributed by atoms with Gasteiger partial charge in [-0.2, -0.15) is 0 Å². The van der Waals surface area contributed by atoms with E-state index >= 15 is 0 Å². The molecular formula is C15H20BrN3O3. The Balaban J connectivity index is 1.78. The number of carboxylic acid groups (broad SMARTS) is 1. The SMILES string of the molecule is O=C(O)CCCCNC(=O)C1NNC(c2ccccc2)C1Br. The Labute approximate surface area is 137 Å². The van der Waals surface area contributed by atoms with Gasteiger partial charge in [-0.3, -0.25) is 9.59 Å². The van der Waals surface area contributed by atoms with Gasteiger partial charge in [0.15, 0.2) is 0 Å². The van der Waals surface area contributed by atoms with Crippen LogP contribution in [0.4, 0.5) is 0 Å². The number of aliphatic carboxylic acids is 1.